The van der Waals surface area contributed by atoms with Crippen LogP contribution < -0.4 is 4.90 Å². The number of amides is 2. The number of thiophene rings is 1. The Hall–Kier alpha value is -3.01. The Labute approximate surface area is 254 Å². The summed E-state index contributed by atoms with van der Waals surface area (Å²) in [6.45, 7) is 8.35. The largest absolute Gasteiger partial charge is 0.417 e. The summed E-state index contributed by atoms with van der Waals surface area (Å²) in [6, 6.07) is 8.59. The number of alkyl halides is 3. The predicted octanol–water partition coefficient (Wildman–Crippen LogP) is 6.15. The third kappa shape index (κ3) is 7.13. The van der Waals surface area contributed by atoms with Crippen molar-refractivity contribution in [1.82, 2.24) is 14.7 Å². The van der Waals surface area contributed by atoms with E-state index in [1.807, 2.05) is 22.4 Å². The van der Waals surface area contributed by atoms with Gasteiger partial charge in [0.1, 0.15) is 5.54 Å². The summed E-state index contributed by atoms with van der Waals surface area (Å²) in [5.41, 5.74) is -2.55. The van der Waals surface area contributed by atoms with Crippen LogP contribution in [-0.2, 0) is 11.0 Å². The van der Waals surface area contributed by atoms with Crippen molar-refractivity contribution in [3.8, 4) is 6.07 Å². The lowest BCUT2D eigenvalue weighted by atomic mass is 10.0. The van der Waals surface area contributed by atoms with Gasteiger partial charge in [0.15, 0.2) is 5.11 Å². The first kappa shape index (κ1) is 31.9. The Balaban J connectivity index is 1.17. The van der Waals surface area contributed by atoms with Gasteiger partial charge in [-0.3, -0.25) is 19.4 Å². The van der Waals surface area contributed by atoms with E-state index in [1.54, 1.807) is 24.8 Å². The standard InChI is InChI=1S/C30H36F3N5O2S2/c1-29(2)27(40)38(23-12-11-22(21-34)24(20-23)30(31,32)33)28(41)37(29)14-8-6-4-3-5-7-13-35-15-17-36(18-16-35)26(39)25-10-9-19-42-25/h9-12,19-20H,3-8,13-18H2,1-2H3. The number of benzene rings is 1. The first-order valence-corrected chi connectivity index (χ1v) is 15.6. The number of thiocarbonyl (C=S) groups is 1. The van der Waals surface area contributed by atoms with Crippen LogP contribution in [-0.4, -0.2) is 76.4 Å². The fourth-order valence-corrected chi connectivity index (χ4v) is 6.68. The van der Waals surface area contributed by atoms with E-state index in [0.717, 1.165) is 93.2 Å². The molecule has 0 spiro atoms. The number of carbonyl (C=O) groups is 2. The van der Waals surface area contributed by atoms with Gasteiger partial charge in [0, 0.05) is 32.7 Å². The van der Waals surface area contributed by atoms with Gasteiger partial charge in [0.05, 0.1) is 27.8 Å². The molecule has 0 unspecified atom stereocenters. The highest BCUT2D eigenvalue weighted by atomic mass is 32.1. The fraction of sp³-hybridized carbons (Fsp3) is 0.533. The summed E-state index contributed by atoms with van der Waals surface area (Å²) in [5, 5.41) is 11.2. The molecule has 2 aliphatic rings. The summed E-state index contributed by atoms with van der Waals surface area (Å²) >= 11 is 7.05. The molecule has 2 fully saturated rings. The molecular weight excluding hydrogens is 583 g/mol. The van der Waals surface area contributed by atoms with Crippen molar-refractivity contribution in [1.29, 1.82) is 5.26 Å². The highest BCUT2D eigenvalue weighted by Gasteiger charge is 2.49. The van der Waals surface area contributed by atoms with Crippen LogP contribution in [0, 0.1) is 11.3 Å². The minimum atomic E-state index is -4.72. The van der Waals surface area contributed by atoms with E-state index >= 15 is 0 Å². The number of hydrogen-bond acceptors (Lipinski definition) is 6. The molecule has 2 aromatic rings. The number of anilines is 1. The second-order valence-electron chi connectivity index (χ2n) is 11.2. The molecule has 1 aromatic heterocycles. The third-order valence-electron chi connectivity index (χ3n) is 8.01. The summed E-state index contributed by atoms with van der Waals surface area (Å²) in [5.74, 6) is -0.258. The maximum Gasteiger partial charge on any atom is 0.417 e. The number of rotatable bonds is 11. The number of nitrogens with zero attached hydrogens (tertiary/aromatic N) is 5. The van der Waals surface area contributed by atoms with Gasteiger partial charge in [0.25, 0.3) is 11.8 Å². The number of unbranched alkanes of at least 4 members (excludes halogenated alkanes) is 5. The zero-order valence-corrected chi connectivity index (χ0v) is 25.6. The lowest BCUT2D eigenvalue weighted by Gasteiger charge is -2.34. The Kier molecular flexibility index (Phi) is 10.3. The van der Waals surface area contributed by atoms with E-state index in [4.69, 9.17) is 17.5 Å². The van der Waals surface area contributed by atoms with Crippen LogP contribution in [0.4, 0.5) is 18.9 Å². The number of carbonyl (C=O) groups excluding carboxylic acids is 2. The predicted molar refractivity (Wildman–Crippen MR) is 161 cm³/mol. The molecule has 0 aliphatic carbocycles. The highest BCUT2D eigenvalue weighted by molar-refractivity contribution is 7.80. The van der Waals surface area contributed by atoms with Gasteiger partial charge in [-0.05, 0) is 75.1 Å². The molecule has 0 atom stereocenters. The molecule has 2 amide bonds. The molecule has 0 N–H and O–H groups in total. The van der Waals surface area contributed by atoms with Gasteiger partial charge in [0.2, 0.25) is 0 Å². The number of halogens is 3. The number of nitriles is 1. The maximum atomic E-state index is 13.5. The second kappa shape index (κ2) is 13.5. The fourth-order valence-electron chi connectivity index (χ4n) is 5.49. The quantitative estimate of drug-likeness (QED) is 0.222. The molecule has 2 aliphatic heterocycles. The van der Waals surface area contributed by atoms with Gasteiger partial charge in [-0.2, -0.15) is 18.4 Å². The lowest BCUT2D eigenvalue weighted by Crippen LogP contribution is -2.48. The topological polar surface area (TPSA) is 70.9 Å². The zero-order chi connectivity index (χ0) is 30.5. The van der Waals surface area contributed by atoms with Crippen molar-refractivity contribution in [2.45, 2.75) is 64.1 Å². The van der Waals surface area contributed by atoms with Gasteiger partial charge >= 0.3 is 6.18 Å². The Morgan fingerprint density at radius 3 is 2.26 bits per heavy atom. The van der Waals surface area contributed by atoms with Crippen molar-refractivity contribution < 1.29 is 22.8 Å². The van der Waals surface area contributed by atoms with Crippen molar-refractivity contribution in [3.05, 3.63) is 51.7 Å². The van der Waals surface area contributed by atoms with Crippen LogP contribution in [0.2, 0.25) is 0 Å². The van der Waals surface area contributed by atoms with Crippen LogP contribution in [0.5, 0.6) is 0 Å². The van der Waals surface area contributed by atoms with Gasteiger partial charge < -0.3 is 9.80 Å². The van der Waals surface area contributed by atoms with Gasteiger partial charge in [-0.15, -0.1) is 11.3 Å². The SMILES string of the molecule is CC1(C)C(=O)N(c2ccc(C#N)c(C(F)(F)F)c2)C(=S)N1CCCCCCCCN1CCN(C(=O)c2cccs2)CC1. The molecule has 4 rings (SSSR count). The average Bonchev–Trinajstić information content (AvgIpc) is 3.55. The first-order valence-electron chi connectivity index (χ1n) is 14.3. The van der Waals surface area contributed by atoms with Crippen molar-refractivity contribution in [2.75, 3.05) is 44.2 Å². The van der Waals surface area contributed by atoms with E-state index in [9.17, 15) is 22.8 Å². The van der Waals surface area contributed by atoms with E-state index < -0.39 is 22.8 Å². The smallest absolute Gasteiger partial charge is 0.335 e. The van der Waals surface area contributed by atoms with E-state index in [-0.39, 0.29) is 22.6 Å². The summed E-state index contributed by atoms with van der Waals surface area (Å²) in [7, 11) is 0. The van der Waals surface area contributed by atoms with Crippen LogP contribution in [0.25, 0.3) is 0 Å². The van der Waals surface area contributed by atoms with Crippen LogP contribution in [0.1, 0.15) is 73.2 Å². The molecule has 0 saturated carbocycles. The lowest BCUT2D eigenvalue weighted by molar-refractivity contribution is -0.137. The molecule has 0 radical (unpaired) electrons. The van der Waals surface area contributed by atoms with Crippen molar-refractivity contribution in [3.63, 3.8) is 0 Å². The van der Waals surface area contributed by atoms with Crippen LogP contribution >= 0.6 is 23.6 Å². The van der Waals surface area contributed by atoms with Gasteiger partial charge in [-0.25, -0.2) is 0 Å². The molecule has 12 heteroatoms. The monoisotopic (exact) mass is 619 g/mol. The minimum absolute atomic E-state index is 0.0161. The molecule has 42 heavy (non-hydrogen) atoms. The number of piperazine rings is 1. The summed E-state index contributed by atoms with van der Waals surface area (Å²) < 4.78 is 40.5. The molecule has 3 heterocycles. The van der Waals surface area contributed by atoms with E-state index in [2.05, 4.69) is 4.90 Å². The Morgan fingerprint density at radius 2 is 1.67 bits per heavy atom. The molecule has 226 valence electrons. The Bertz CT molecular complexity index is 1320. The normalized spacial score (nSPS) is 17.7. The summed E-state index contributed by atoms with van der Waals surface area (Å²) in [4.78, 5) is 33.8. The first-order chi connectivity index (χ1) is 19.9. The molecule has 1 aromatic carbocycles. The maximum absolute atomic E-state index is 13.5. The molecular formula is C30H36F3N5O2S2. The van der Waals surface area contributed by atoms with Crippen molar-refractivity contribution >= 4 is 46.2 Å². The molecule has 2 saturated heterocycles. The zero-order valence-electron chi connectivity index (χ0n) is 24.0. The van der Waals surface area contributed by atoms with Crippen molar-refractivity contribution in [2.24, 2.45) is 0 Å². The Morgan fingerprint density at radius 1 is 1.02 bits per heavy atom. The van der Waals surface area contributed by atoms with Crippen LogP contribution in [0.15, 0.2) is 35.7 Å². The molecule has 0 bridgehead atoms. The second-order valence-corrected chi connectivity index (χ2v) is 12.5. The average molecular weight is 620 g/mol. The third-order valence-corrected chi connectivity index (χ3v) is 9.27. The van der Waals surface area contributed by atoms with Gasteiger partial charge in [-0.1, -0.05) is 31.7 Å². The van der Waals surface area contributed by atoms with E-state index in [0.29, 0.717) is 6.54 Å². The molecule has 7 nitrogen and oxygen atoms in total. The highest BCUT2D eigenvalue weighted by Crippen LogP contribution is 2.38. The number of hydrogen-bond donors (Lipinski definition) is 0. The minimum Gasteiger partial charge on any atom is -0.335 e. The van der Waals surface area contributed by atoms with E-state index in [1.165, 1.54) is 17.4 Å². The van der Waals surface area contributed by atoms with Crippen LogP contribution in [0.3, 0.4) is 0 Å². The summed E-state index contributed by atoms with van der Waals surface area (Å²) in [6.07, 6.45) is 1.42.